The van der Waals surface area contributed by atoms with Gasteiger partial charge in [-0.3, -0.25) is 4.79 Å². The van der Waals surface area contributed by atoms with Gasteiger partial charge in [0.1, 0.15) is 0 Å². The van der Waals surface area contributed by atoms with E-state index in [1.807, 2.05) is 4.90 Å². The Kier molecular flexibility index (Phi) is 3.70. The van der Waals surface area contributed by atoms with Crippen LogP contribution in [0.1, 0.15) is 12.8 Å². The molecule has 3 rings (SSSR count). The molecule has 8 nitrogen and oxygen atoms in total. The van der Waals surface area contributed by atoms with Gasteiger partial charge in [0.2, 0.25) is 17.1 Å². The Hall–Kier alpha value is -2.22. The highest BCUT2D eigenvalue weighted by Gasteiger charge is 2.25. The summed E-state index contributed by atoms with van der Waals surface area (Å²) in [6.07, 6.45) is 4.75. The fourth-order valence-electron chi connectivity index (χ4n) is 2.32. The molecular weight excluding hydrogens is 294 g/mol. The van der Waals surface area contributed by atoms with E-state index in [0.717, 1.165) is 0 Å². The number of anilines is 1. The number of amides is 1. The molecule has 21 heavy (non-hydrogen) atoms. The minimum atomic E-state index is -0.249. The van der Waals surface area contributed by atoms with Crippen molar-refractivity contribution in [2.45, 2.75) is 12.8 Å². The third-order valence-electron chi connectivity index (χ3n) is 3.47. The third-order valence-corrected chi connectivity index (χ3v) is 3.64. The lowest BCUT2D eigenvalue weighted by atomic mass is 9.96. The number of rotatable bonds is 3. The molecule has 0 bridgehead atoms. The topological polar surface area (TPSA) is 103 Å². The van der Waals surface area contributed by atoms with Crippen LogP contribution in [0.25, 0.3) is 5.95 Å². The standard InChI is InChI=1S/C12H14ClN7O/c13-10-16-11(18-12(17-10)20-5-1-4-15-20)19-6-2-8(3-7-19)9(14)21/h1,4-5,8H,2-3,6-7H2,(H2,14,21). The van der Waals surface area contributed by atoms with Crippen molar-refractivity contribution in [1.29, 1.82) is 0 Å². The highest BCUT2D eigenvalue weighted by molar-refractivity contribution is 6.28. The van der Waals surface area contributed by atoms with E-state index in [0.29, 0.717) is 37.8 Å². The summed E-state index contributed by atoms with van der Waals surface area (Å²) in [5.41, 5.74) is 5.33. The molecule has 1 amide bonds. The van der Waals surface area contributed by atoms with Crippen LogP contribution in [-0.4, -0.2) is 43.7 Å². The van der Waals surface area contributed by atoms with Gasteiger partial charge < -0.3 is 10.6 Å². The monoisotopic (exact) mass is 307 g/mol. The molecule has 1 aliphatic rings. The first-order valence-electron chi connectivity index (χ1n) is 6.59. The van der Waals surface area contributed by atoms with Gasteiger partial charge in [-0.05, 0) is 30.5 Å². The fraction of sp³-hybridized carbons (Fsp3) is 0.417. The summed E-state index contributed by atoms with van der Waals surface area (Å²) >= 11 is 5.96. The number of hydrogen-bond acceptors (Lipinski definition) is 6. The molecular formula is C12H14ClN7O. The molecule has 2 N–H and O–H groups in total. The summed E-state index contributed by atoms with van der Waals surface area (Å²) in [7, 11) is 0. The maximum atomic E-state index is 11.2. The van der Waals surface area contributed by atoms with E-state index >= 15 is 0 Å². The fourth-order valence-corrected chi connectivity index (χ4v) is 2.48. The predicted molar refractivity (Wildman–Crippen MR) is 76.1 cm³/mol. The quantitative estimate of drug-likeness (QED) is 0.881. The van der Waals surface area contributed by atoms with Gasteiger partial charge in [-0.15, -0.1) is 0 Å². The summed E-state index contributed by atoms with van der Waals surface area (Å²) in [6, 6.07) is 1.77. The van der Waals surface area contributed by atoms with Gasteiger partial charge in [0, 0.05) is 31.4 Å². The number of aromatic nitrogens is 5. The van der Waals surface area contributed by atoms with Crippen LogP contribution in [0.4, 0.5) is 5.95 Å². The van der Waals surface area contributed by atoms with Crippen molar-refractivity contribution in [2.24, 2.45) is 11.7 Å². The van der Waals surface area contributed by atoms with E-state index in [9.17, 15) is 4.79 Å². The van der Waals surface area contributed by atoms with Gasteiger partial charge in [0.05, 0.1) is 0 Å². The first kappa shape index (κ1) is 13.7. The van der Waals surface area contributed by atoms with Crippen LogP contribution in [-0.2, 0) is 4.79 Å². The number of piperidine rings is 1. The number of halogens is 1. The van der Waals surface area contributed by atoms with Crippen molar-refractivity contribution in [3.05, 3.63) is 23.7 Å². The average molecular weight is 308 g/mol. The molecule has 2 aromatic heterocycles. The van der Waals surface area contributed by atoms with Crippen LogP contribution in [0, 0.1) is 5.92 Å². The molecule has 0 aromatic carbocycles. The maximum Gasteiger partial charge on any atom is 0.256 e. The smallest absolute Gasteiger partial charge is 0.256 e. The Bertz CT molecular complexity index is 637. The van der Waals surface area contributed by atoms with Crippen LogP contribution in [0.5, 0.6) is 0 Å². The summed E-state index contributed by atoms with van der Waals surface area (Å²) in [4.78, 5) is 25.7. The first-order valence-corrected chi connectivity index (χ1v) is 6.97. The molecule has 3 heterocycles. The molecule has 1 fully saturated rings. The minimum absolute atomic E-state index is 0.0795. The molecule has 0 spiro atoms. The van der Waals surface area contributed by atoms with Crippen molar-refractivity contribution in [2.75, 3.05) is 18.0 Å². The Morgan fingerprint density at radius 1 is 1.24 bits per heavy atom. The van der Waals surface area contributed by atoms with Crippen molar-refractivity contribution in [1.82, 2.24) is 24.7 Å². The molecule has 9 heteroatoms. The van der Waals surface area contributed by atoms with Gasteiger partial charge in [0.25, 0.3) is 5.95 Å². The SMILES string of the molecule is NC(=O)C1CCN(c2nc(Cl)nc(-n3cccn3)n2)CC1. The zero-order valence-corrected chi connectivity index (χ0v) is 11.9. The van der Waals surface area contributed by atoms with Crippen molar-refractivity contribution in [3.63, 3.8) is 0 Å². The lowest BCUT2D eigenvalue weighted by Gasteiger charge is -2.30. The number of primary amides is 1. The Labute approximate surface area is 126 Å². The minimum Gasteiger partial charge on any atom is -0.369 e. The van der Waals surface area contributed by atoms with Crippen LogP contribution < -0.4 is 10.6 Å². The summed E-state index contributed by atoms with van der Waals surface area (Å²) in [5, 5.41) is 4.19. The van der Waals surface area contributed by atoms with Crippen LogP contribution in [0.15, 0.2) is 18.5 Å². The third kappa shape index (κ3) is 2.94. The van der Waals surface area contributed by atoms with Crippen molar-refractivity contribution >= 4 is 23.5 Å². The molecule has 0 aliphatic carbocycles. The van der Waals surface area contributed by atoms with E-state index in [1.165, 1.54) is 4.68 Å². The second kappa shape index (κ2) is 5.65. The van der Waals surface area contributed by atoms with Crippen LogP contribution >= 0.6 is 11.6 Å². The van der Waals surface area contributed by atoms with Gasteiger partial charge >= 0.3 is 0 Å². The second-order valence-electron chi connectivity index (χ2n) is 4.82. The molecule has 0 unspecified atom stereocenters. The molecule has 0 saturated carbocycles. The lowest BCUT2D eigenvalue weighted by molar-refractivity contribution is -0.122. The Morgan fingerprint density at radius 3 is 2.57 bits per heavy atom. The van der Waals surface area contributed by atoms with Crippen LogP contribution in [0.3, 0.4) is 0 Å². The van der Waals surface area contributed by atoms with Gasteiger partial charge in [-0.25, -0.2) is 4.68 Å². The van der Waals surface area contributed by atoms with Crippen molar-refractivity contribution in [3.8, 4) is 5.95 Å². The Balaban J connectivity index is 1.82. The summed E-state index contributed by atoms with van der Waals surface area (Å²) < 4.78 is 1.52. The van der Waals surface area contributed by atoms with Crippen molar-refractivity contribution < 1.29 is 4.79 Å². The first-order chi connectivity index (χ1) is 10.1. The van der Waals surface area contributed by atoms with E-state index in [-0.39, 0.29) is 17.1 Å². The van der Waals surface area contributed by atoms with E-state index in [4.69, 9.17) is 17.3 Å². The average Bonchev–Trinajstić information content (AvgIpc) is 3.01. The van der Waals surface area contributed by atoms with Crippen LogP contribution in [0.2, 0.25) is 5.28 Å². The molecule has 0 radical (unpaired) electrons. The molecule has 1 saturated heterocycles. The second-order valence-corrected chi connectivity index (χ2v) is 5.16. The molecule has 1 aliphatic heterocycles. The predicted octanol–water partition coefficient (Wildman–Crippen LogP) is 0.412. The summed E-state index contributed by atoms with van der Waals surface area (Å²) in [6.45, 7) is 1.32. The van der Waals surface area contributed by atoms with Gasteiger partial charge in [-0.2, -0.15) is 20.1 Å². The highest BCUT2D eigenvalue weighted by Crippen LogP contribution is 2.21. The highest BCUT2D eigenvalue weighted by atomic mass is 35.5. The Morgan fingerprint density at radius 2 is 1.95 bits per heavy atom. The van der Waals surface area contributed by atoms with E-state index in [1.54, 1.807) is 18.5 Å². The maximum absolute atomic E-state index is 11.2. The van der Waals surface area contributed by atoms with E-state index in [2.05, 4.69) is 20.1 Å². The molecule has 110 valence electrons. The zero-order chi connectivity index (χ0) is 14.8. The zero-order valence-electron chi connectivity index (χ0n) is 11.2. The number of nitrogens with zero attached hydrogens (tertiary/aromatic N) is 6. The molecule has 0 atom stereocenters. The number of carbonyl (C=O) groups excluding carboxylic acids is 1. The van der Waals surface area contributed by atoms with E-state index < -0.39 is 0 Å². The largest absolute Gasteiger partial charge is 0.369 e. The number of nitrogens with two attached hydrogens (primary N) is 1. The normalized spacial score (nSPS) is 16.1. The summed E-state index contributed by atoms with van der Waals surface area (Å²) in [5.74, 6) is 0.528. The molecule has 2 aromatic rings. The number of hydrogen-bond donors (Lipinski definition) is 1. The van der Waals surface area contributed by atoms with Gasteiger partial charge in [0.15, 0.2) is 0 Å². The van der Waals surface area contributed by atoms with Gasteiger partial charge in [-0.1, -0.05) is 0 Å². The lowest BCUT2D eigenvalue weighted by Crippen LogP contribution is -2.39. The number of carbonyl (C=O) groups is 1.